The van der Waals surface area contributed by atoms with Crippen LogP contribution in [0.25, 0.3) is 0 Å². The Bertz CT molecular complexity index is 1320. The zero-order valence-corrected chi connectivity index (χ0v) is 19.7. The summed E-state index contributed by atoms with van der Waals surface area (Å²) in [7, 11) is -3.76. The van der Waals surface area contributed by atoms with Crippen LogP contribution in [0.3, 0.4) is 0 Å². The molecule has 7 nitrogen and oxygen atoms in total. The second-order valence-electron chi connectivity index (χ2n) is 8.50. The van der Waals surface area contributed by atoms with E-state index >= 15 is 0 Å². The third-order valence-corrected chi connectivity index (χ3v) is 7.65. The van der Waals surface area contributed by atoms with Crippen LogP contribution in [-0.2, 0) is 10.0 Å². The number of nitrogens with zero attached hydrogens (tertiary/aromatic N) is 1. The SMILES string of the molecule is Cc1ccccc1NS(=O)(=O)c1ccc(C(=O)N2CCC[C@@H]2c2ccc3c(c2)OCCO3)cc1. The average Bonchev–Trinajstić information content (AvgIpc) is 3.35. The largest absolute Gasteiger partial charge is 0.486 e. The van der Waals surface area contributed by atoms with Crippen molar-refractivity contribution in [1.82, 2.24) is 4.90 Å². The fraction of sp³-hybridized carbons (Fsp3) is 0.269. The molecule has 3 aromatic carbocycles. The summed E-state index contributed by atoms with van der Waals surface area (Å²) in [4.78, 5) is 15.3. The Balaban J connectivity index is 1.34. The lowest BCUT2D eigenvalue weighted by Crippen LogP contribution is -2.30. The van der Waals surface area contributed by atoms with Gasteiger partial charge in [0.2, 0.25) is 0 Å². The number of fused-ring (bicyclic) bond motifs is 1. The van der Waals surface area contributed by atoms with Crippen molar-refractivity contribution in [2.24, 2.45) is 0 Å². The highest BCUT2D eigenvalue weighted by Crippen LogP contribution is 2.38. The van der Waals surface area contributed by atoms with Crippen LogP contribution in [0.2, 0.25) is 0 Å². The molecule has 0 aliphatic carbocycles. The molecule has 0 saturated carbocycles. The summed E-state index contributed by atoms with van der Waals surface area (Å²) in [5, 5.41) is 0. The van der Waals surface area contributed by atoms with Gasteiger partial charge in [-0.2, -0.15) is 0 Å². The molecule has 0 unspecified atom stereocenters. The highest BCUT2D eigenvalue weighted by atomic mass is 32.2. The summed E-state index contributed by atoms with van der Waals surface area (Å²) in [6.07, 6.45) is 1.76. The summed E-state index contributed by atoms with van der Waals surface area (Å²) in [6, 6.07) is 19.1. The first-order valence-electron chi connectivity index (χ1n) is 11.3. The molecule has 1 saturated heterocycles. The number of para-hydroxylation sites is 1. The van der Waals surface area contributed by atoms with Crippen LogP contribution in [0.4, 0.5) is 5.69 Å². The molecule has 0 radical (unpaired) electrons. The zero-order chi connectivity index (χ0) is 23.7. The smallest absolute Gasteiger partial charge is 0.261 e. The fourth-order valence-corrected chi connectivity index (χ4v) is 5.59. The number of rotatable bonds is 5. The molecule has 2 heterocycles. The lowest BCUT2D eigenvalue weighted by atomic mass is 10.0. The van der Waals surface area contributed by atoms with Gasteiger partial charge in [0.1, 0.15) is 13.2 Å². The van der Waals surface area contributed by atoms with E-state index in [4.69, 9.17) is 9.47 Å². The van der Waals surface area contributed by atoms with Crippen LogP contribution in [0.15, 0.2) is 71.6 Å². The van der Waals surface area contributed by atoms with E-state index < -0.39 is 10.0 Å². The first-order valence-corrected chi connectivity index (χ1v) is 12.8. The van der Waals surface area contributed by atoms with E-state index in [9.17, 15) is 13.2 Å². The Hall–Kier alpha value is -3.52. The molecule has 0 spiro atoms. The van der Waals surface area contributed by atoms with Gasteiger partial charge in [-0.1, -0.05) is 24.3 Å². The monoisotopic (exact) mass is 478 g/mol. The highest BCUT2D eigenvalue weighted by molar-refractivity contribution is 7.92. The van der Waals surface area contributed by atoms with Gasteiger partial charge >= 0.3 is 0 Å². The van der Waals surface area contributed by atoms with Gasteiger partial charge in [0.05, 0.1) is 16.6 Å². The van der Waals surface area contributed by atoms with Crippen molar-refractivity contribution in [2.75, 3.05) is 24.5 Å². The van der Waals surface area contributed by atoms with Gasteiger partial charge in [0, 0.05) is 12.1 Å². The number of carbonyl (C=O) groups is 1. The van der Waals surface area contributed by atoms with Crippen molar-refractivity contribution in [1.29, 1.82) is 0 Å². The van der Waals surface area contributed by atoms with E-state index in [1.165, 1.54) is 12.1 Å². The molecule has 2 aliphatic heterocycles. The standard InChI is InChI=1S/C26H26N2O5S/c1-18-5-2-3-6-22(18)27-34(30,31)21-11-8-19(9-12-21)26(29)28-14-4-7-23(28)20-10-13-24-25(17-20)33-16-15-32-24/h2-3,5-6,8-13,17,23,27H,4,7,14-16H2,1H3/t23-/m1/s1. The maximum atomic E-state index is 13.3. The maximum absolute atomic E-state index is 13.3. The van der Waals surface area contributed by atoms with Crippen LogP contribution >= 0.6 is 0 Å². The molecule has 34 heavy (non-hydrogen) atoms. The molecule has 5 rings (SSSR count). The van der Waals surface area contributed by atoms with Crippen molar-refractivity contribution >= 4 is 21.6 Å². The number of anilines is 1. The van der Waals surface area contributed by atoms with Crippen LogP contribution in [-0.4, -0.2) is 39.0 Å². The first kappa shape index (κ1) is 22.3. The predicted octanol–water partition coefficient (Wildman–Crippen LogP) is 4.54. The number of likely N-dealkylation sites (tertiary alicyclic amines) is 1. The Morgan fingerprint density at radius 2 is 1.71 bits per heavy atom. The first-order chi connectivity index (χ1) is 16.4. The van der Waals surface area contributed by atoms with Gasteiger partial charge in [-0.15, -0.1) is 0 Å². The minimum atomic E-state index is -3.76. The van der Waals surface area contributed by atoms with Gasteiger partial charge in [0.15, 0.2) is 11.5 Å². The molecular weight excluding hydrogens is 452 g/mol. The molecule has 3 aromatic rings. The number of aryl methyl sites for hydroxylation is 1. The van der Waals surface area contributed by atoms with Crippen molar-refractivity contribution in [3.05, 3.63) is 83.4 Å². The lowest BCUT2D eigenvalue weighted by Gasteiger charge is -2.27. The number of nitrogens with one attached hydrogen (secondary N) is 1. The van der Waals surface area contributed by atoms with Crippen LogP contribution < -0.4 is 14.2 Å². The Kier molecular flexibility index (Phi) is 5.91. The normalized spacial score (nSPS) is 17.4. The Morgan fingerprint density at radius 3 is 2.47 bits per heavy atom. The van der Waals surface area contributed by atoms with Crippen LogP contribution in [0.1, 0.15) is 40.4 Å². The van der Waals surface area contributed by atoms with Crippen molar-refractivity contribution in [3.8, 4) is 11.5 Å². The van der Waals surface area contributed by atoms with Gasteiger partial charge in [-0.05, 0) is 73.4 Å². The van der Waals surface area contributed by atoms with E-state index in [1.807, 2.05) is 42.2 Å². The molecule has 1 amide bonds. The molecule has 0 bridgehead atoms. The Labute approximate surface area is 199 Å². The van der Waals surface area contributed by atoms with Crippen molar-refractivity contribution in [3.63, 3.8) is 0 Å². The van der Waals surface area contributed by atoms with Gasteiger partial charge in [-0.3, -0.25) is 9.52 Å². The fourth-order valence-electron chi connectivity index (χ4n) is 4.46. The summed E-state index contributed by atoms with van der Waals surface area (Å²) >= 11 is 0. The summed E-state index contributed by atoms with van der Waals surface area (Å²) in [5.74, 6) is 1.31. The number of sulfonamides is 1. The third-order valence-electron chi connectivity index (χ3n) is 6.27. The molecule has 8 heteroatoms. The van der Waals surface area contributed by atoms with Crippen LogP contribution in [0.5, 0.6) is 11.5 Å². The molecule has 1 N–H and O–H groups in total. The quantitative estimate of drug-likeness (QED) is 0.582. The molecule has 0 aromatic heterocycles. The number of amides is 1. The van der Waals surface area contributed by atoms with E-state index in [0.29, 0.717) is 36.8 Å². The van der Waals surface area contributed by atoms with E-state index in [-0.39, 0.29) is 16.8 Å². The van der Waals surface area contributed by atoms with Gasteiger partial charge < -0.3 is 14.4 Å². The summed E-state index contributed by atoms with van der Waals surface area (Å²) in [6.45, 7) is 3.53. The van der Waals surface area contributed by atoms with Crippen LogP contribution in [0, 0.1) is 6.92 Å². The maximum Gasteiger partial charge on any atom is 0.261 e. The van der Waals surface area contributed by atoms with Gasteiger partial charge in [0.25, 0.3) is 15.9 Å². The third kappa shape index (κ3) is 4.33. The minimum Gasteiger partial charge on any atom is -0.486 e. The zero-order valence-electron chi connectivity index (χ0n) is 18.9. The number of ether oxygens (including phenoxy) is 2. The minimum absolute atomic E-state index is 0.0607. The number of carbonyl (C=O) groups excluding carboxylic acids is 1. The second-order valence-corrected chi connectivity index (χ2v) is 10.2. The second kappa shape index (κ2) is 9.02. The summed E-state index contributed by atoms with van der Waals surface area (Å²) in [5.41, 5.74) is 2.83. The average molecular weight is 479 g/mol. The molecule has 176 valence electrons. The lowest BCUT2D eigenvalue weighted by molar-refractivity contribution is 0.0735. The van der Waals surface area contributed by atoms with Crippen molar-refractivity contribution in [2.45, 2.75) is 30.7 Å². The van der Waals surface area contributed by atoms with E-state index in [2.05, 4.69) is 4.72 Å². The molecule has 1 atom stereocenters. The Morgan fingerprint density at radius 1 is 0.971 bits per heavy atom. The van der Waals surface area contributed by atoms with E-state index in [0.717, 1.165) is 29.7 Å². The van der Waals surface area contributed by atoms with E-state index in [1.54, 1.807) is 24.3 Å². The highest BCUT2D eigenvalue weighted by Gasteiger charge is 2.31. The number of hydrogen-bond donors (Lipinski definition) is 1. The molecule has 2 aliphatic rings. The predicted molar refractivity (Wildman–Crippen MR) is 129 cm³/mol. The van der Waals surface area contributed by atoms with Gasteiger partial charge in [-0.25, -0.2) is 8.42 Å². The molecular formula is C26H26N2O5S. The number of hydrogen-bond acceptors (Lipinski definition) is 5. The summed E-state index contributed by atoms with van der Waals surface area (Å²) < 4.78 is 39.6. The molecule has 1 fully saturated rings. The topological polar surface area (TPSA) is 84.9 Å². The van der Waals surface area contributed by atoms with Crippen molar-refractivity contribution < 1.29 is 22.7 Å². The number of benzene rings is 3.